The van der Waals surface area contributed by atoms with Crippen molar-refractivity contribution in [3.8, 4) is 0 Å². The highest BCUT2D eigenvalue weighted by molar-refractivity contribution is 7.11. The minimum absolute atomic E-state index is 0.0630. The van der Waals surface area contributed by atoms with Gasteiger partial charge in [0.05, 0.1) is 0 Å². The number of benzene rings is 1. The van der Waals surface area contributed by atoms with Crippen molar-refractivity contribution in [2.24, 2.45) is 0 Å². The van der Waals surface area contributed by atoms with Crippen molar-refractivity contribution >= 4 is 46.5 Å². The molecule has 9 heteroatoms. The Morgan fingerprint density at radius 2 is 1.66 bits per heavy atom. The van der Waals surface area contributed by atoms with Crippen LogP contribution in [0.3, 0.4) is 0 Å². The van der Waals surface area contributed by atoms with Gasteiger partial charge in [-0.25, -0.2) is 4.39 Å². The molecule has 32 heavy (non-hydrogen) atoms. The number of nitrogens with zero attached hydrogens (tertiary/aromatic N) is 2. The maximum absolute atomic E-state index is 13.8. The fraction of sp³-hybridized carbons (Fsp3) is 0.522. The normalized spacial score (nSPS) is 18.5. The lowest BCUT2D eigenvalue weighted by atomic mass is 9.91. The van der Waals surface area contributed by atoms with E-state index in [-0.39, 0.29) is 33.0 Å². The summed E-state index contributed by atoms with van der Waals surface area (Å²) >= 11 is 13.3. The zero-order valence-electron chi connectivity index (χ0n) is 17.7. The van der Waals surface area contributed by atoms with E-state index in [1.54, 1.807) is 17.0 Å². The van der Waals surface area contributed by atoms with Crippen LogP contribution in [0.1, 0.15) is 79.9 Å². The highest BCUT2D eigenvalue weighted by Crippen LogP contribution is 2.36. The molecule has 2 aliphatic carbocycles. The van der Waals surface area contributed by atoms with Gasteiger partial charge in [-0.3, -0.25) is 9.59 Å². The molecule has 2 amide bonds. The van der Waals surface area contributed by atoms with Gasteiger partial charge in [-0.05, 0) is 54.9 Å². The van der Waals surface area contributed by atoms with Crippen LogP contribution in [0.2, 0.25) is 9.36 Å². The second-order valence-corrected chi connectivity index (χ2v) is 10.3. The summed E-state index contributed by atoms with van der Waals surface area (Å²) in [5.41, 5.74) is 0.631. The molecule has 2 fully saturated rings. The number of carbonyl (C=O) groups excluding carboxylic acids is 2. The van der Waals surface area contributed by atoms with Gasteiger partial charge in [-0.15, -0.1) is 0 Å². The fourth-order valence-corrected chi connectivity index (χ4v) is 5.79. The van der Waals surface area contributed by atoms with Crippen molar-refractivity contribution in [3.63, 3.8) is 0 Å². The second-order valence-electron chi connectivity index (χ2n) is 8.57. The molecule has 1 aromatic carbocycles. The van der Waals surface area contributed by atoms with Crippen LogP contribution in [0.5, 0.6) is 0 Å². The summed E-state index contributed by atoms with van der Waals surface area (Å²) in [6.45, 7) is 0. The zero-order valence-corrected chi connectivity index (χ0v) is 20.0. The van der Waals surface area contributed by atoms with Crippen LogP contribution in [-0.2, 0) is 4.79 Å². The lowest BCUT2D eigenvalue weighted by molar-refractivity contribution is -0.127. The van der Waals surface area contributed by atoms with Crippen LogP contribution < -0.4 is 5.32 Å². The van der Waals surface area contributed by atoms with Gasteiger partial charge >= 0.3 is 0 Å². The van der Waals surface area contributed by atoms with Crippen molar-refractivity contribution in [2.45, 2.75) is 75.9 Å². The molecule has 0 saturated heterocycles. The molecular weight excluding hydrogens is 472 g/mol. The van der Waals surface area contributed by atoms with E-state index in [0.29, 0.717) is 5.56 Å². The fourth-order valence-electron chi connectivity index (χ4n) is 4.80. The molecule has 172 valence electrons. The molecule has 2 saturated carbocycles. The second kappa shape index (κ2) is 10.5. The summed E-state index contributed by atoms with van der Waals surface area (Å²) < 4.78 is 18.1. The van der Waals surface area contributed by atoms with Crippen molar-refractivity contribution in [1.82, 2.24) is 14.6 Å². The van der Waals surface area contributed by atoms with Crippen molar-refractivity contribution in [1.29, 1.82) is 0 Å². The molecule has 0 spiro atoms. The van der Waals surface area contributed by atoms with E-state index in [1.807, 2.05) is 0 Å². The van der Waals surface area contributed by atoms with E-state index in [2.05, 4.69) is 9.69 Å². The third-order valence-electron chi connectivity index (χ3n) is 6.42. The van der Waals surface area contributed by atoms with E-state index in [1.165, 1.54) is 12.1 Å². The number of hydrogen-bond donors (Lipinski definition) is 1. The lowest BCUT2D eigenvalue weighted by Gasteiger charge is -2.39. The Morgan fingerprint density at radius 1 is 1.03 bits per heavy atom. The largest absolute Gasteiger partial charge is 0.351 e. The molecule has 2 aromatic rings. The third kappa shape index (κ3) is 5.10. The van der Waals surface area contributed by atoms with E-state index >= 15 is 0 Å². The minimum atomic E-state index is -0.900. The van der Waals surface area contributed by atoms with Crippen LogP contribution in [0.25, 0.3) is 0 Å². The van der Waals surface area contributed by atoms with E-state index in [0.717, 1.165) is 69.3 Å². The predicted molar refractivity (Wildman–Crippen MR) is 125 cm³/mol. The molecule has 1 aromatic heterocycles. The Kier molecular flexibility index (Phi) is 7.69. The van der Waals surface area contributed by atoms with Crippen molar-refractivity contribution in [2.75, 3.05) is 0 Å². The predicted octanol–water partition coefficient (Wildman–Crippen LogP) is 6.16. The molecule has 4 rings (SSSR count). The van der Waals surface area contributed by atoms with Crippen LogP contribution in [0.15, 0.2) is 24.3 Å². The molecule has 1 heterocycles. The van der Waals surface area contributed by atoms with Crippen LogP contribution in [0, 0.1) is 5.82 Å². The lowest BCUT2D eigenvalue weighted by Crippen LogP contribution is -2.50. The molecule has 2 aliphatic rings. The average Bonchev–Trinajstić information content (AvgIpc) is 3.43. The Morgan fingerprint density at radius 3 is 2.25 bits per heavy atom. The van der Waals surface area contributed by atoms with Gasteiger partial charge in [-0.1, -0.05) is 67.4 Å². The highest BCUT2D eigenvalue weighted by atomic mass is 35.5. The Balaban J connectivity index is 1.75. The monoisotopic (exact) mass is 497 g/mol. The Bertz CT molecular complexity index is 957. The van der Waals surface area contributed by atoms with Gasteiger partial charge in [0.25, 0.3) is 5.91 Å². The Labute approximate surface area is 201 Å². The van der Waals surface area contributed by atoms with Gasteiger partial charge in [0, 0.05) is 12.1 Å². The average molecular weight is 498 g/mol. The SMILES string of the molecule is O=C(NC1CCCC1)[C@@H](c1ccc(F)cc1)N(C(=O)c1nsc(Cl)c1Cl)C1CCCCC1. The first-order valence-electron chi connectivity index (χ1n) is 11.1. The summed E-state index contributed by atoms with van der Waals surface area (Å²) in [5.74, 6) is -1.06. The number of hydrogen-bond acceptors (Lipinski definition) is 4. The quantitative estimate of drug-likeness (QED) is 0.519. The molecule has 0 bridgehead atoms. The van der Waals surface area contributed by atoms with Gasteiger partial charge < -0.3 is 10.2 Å². The van der Waals surface area contributed by atoms with Gasteiger partial charge in [0.15, 0.2) is 5.69 Å². The maximum Gasteiger partial charge on any atom is 0.276 e. The Hall–Kier alpha value is -1.70. The first-order valence-corrected chi connectivity index (χ1v) is 12.7. The minimum Gasteiger partial charge on any atom is -0.351 e. The van der Waals surface area contributed by atoms with Crippen LogP contribution in [0.4, 0.5) is 4.39 Å². The van der Waals surface area contributed by atoms with Crippen LogP contribution >= 0.6 is 34.7 Å². The molecule has 1 N–H and O–H groups in total. The summed E-state index contributed by atoms with van der Waals surface area (Å²) in [6.07, 6.45) is 8.61. The zero-order chi connectivity index (χ0) is 22.7. The number of halogens is 3. The number of nitrogens with one attached hydrogen (secondary N) is 1. The molecule has 1 atom stereocenters. The van der Waals surface area contributed by atoms with Gasteiger partial charge in [0.2, 0.25) is 5.91 Å². The summed E-state index contributed by atoms with van der Waals surface area (Å²) in [4.78, 5) is 29.0. The smallest absolute Gasteiger partial charge is 0.276 e. The number of rotatable bonds is 6. The summed E-state index contributed by atoms with van der Waals surface area (Å²) in [6, 6.07) is 4.84. The van der Waals surface area contributed by atoms with Crippen molar-refractivity contribution in [3.05, 3.63) is 50.7 Å². The number of aromatic nitrogens is 1. The molecule has 5 nitrogen and oxygen atoms in total. The first kappa shape index (κ1) is 23.5. The third-order valence-corrected chi connectivity index (χ3v) is 8.03. The summed E-state index contributed by atoms with van der Waals surface area (Å²) in [7, 11) is 0. The van der Waals surface area contributed by atoms with Gasteiger partial charge in [0.1, 0.15) is 21.2 Å². The highest BCUT2D eigenvalue weighted by Gasteiger charge is 2.40. The molecular formula is C23H26Cl2FN3O2S. The number of carbonyl (C=O) groups is 2. The van der Waals surface area contributed by atoms with Gasteiger partial charge in [-0.2, -0.15) is 4.37 Å². The van der Waals surface area contributed by atoms with Crippen molar-refractivity contribution < 1.29 is 14.0 Å². The maximum atomic E-state index is 13.8. The van der Waals surface area contributed by atoms with Crippen LogP contribution in [-0.4, -0.2) is 33.2 Å². The van der Waals surface area contributed by atoms with E-state index < -0.39 is 17.8 Å². The van der Waals surface area contributed by atoms with E-state index in [4.69, 9.17) is 23.2 Å². The topological polar surface area (TPSA) is 62.3 Å². The summed E-state index contributed by atoms with van der Waals surface area (Å²) in [5, 5.41) is 3.24. The van der Waals surface area contributed by atoms with E-state index in [9.17, 15) is 14.0 Å². The standard InChI is InChI=1S/C23H26Cl2FN3O2S/c24-18-19(28-32-21(18)25)23(31)29(17-8-2-1-3-9-17)20(14-10-12-15(26)13-11-14)22(30)27-16-6-4-5-7-16/h10-13,16-17,20H,1-9H2,(H,27,30)/t20-/m1/s1. The number of amides is 2. The first-order chi connectivity index (χ1) is 15.5. The molecule has 0 aliphatic heterocycles. The molecule has 0 unspecified atom stereocenters. The molecule has 0 radical (unpaired) electrons.